The Hall–Kier alpha value is -3.26. The normalized spacial score (nSPS) is 16.3. The van der Waals surface area contributed by atoms with Crippen LogP contribution in [0.1, 0.15) is 46.9 Å². The minimum absolute atomic E-state index is 0.236. The van der Waals surface area contributed by atoms with Gasteiger partial charge < -0.3 is 10.6 Å². The van der Waals surface area contributed by atoms with E-state index in [1.807, 2.05) is 30.3 Å². The van der Waals surface area contributed by atoms with Crippen LogP contribution < -0.4 is 16.0 Å². The molecule has 3 aromatic rings. The minimum atomic E-state index is -0.468. The number of hydrogen-bond donors (Lipinski definition) is 2. The fourth-order valence-electron chi connectivity index (χ4n) is 3.60. The van der Waals surface area contributed by atoms with E-state index in [2.05, 4.69) is 27.3 Å². The molecule has 0 radical (unpaired) electrons. The van der Waals surface area contributed by atoms with Crippen LogP contribution in [0.2, 0.25) is 0 Å². The molecule has 1 atom stereocenters. The number of hydrogen-bond acceptors (Lipinski definition) is 6. The molecular weight excluding hydrogens is 398 g/mol. The third-order valence-corrected chi connectivity index (χ3v) is 6.19. The predicted molar refractivity (Wildman–Crippen MR) is 119 cm³/mol. The van der Waals surface area contributed by atoms with Crippen LogP contribution in [-0.2, 0) is 0 Å². The number of carbonyl (C=O) groups excluding carboxylic acids is 2. The van der Waals surface area contributed by atoms with E-state index in [1.54, 1.807) is 18.2 Å². The lowest BCUT2D eigenvalue weighted by Gasteiger charge is -2.32. The maximum absolute atomic E-state index is 12.7. The summed E-state index contributed by atoms with van der Waals surface area (Å²) in [5.74, 6) is -0.704. The van der Waals surface area contributed by atoms with Gasteiger partial charge in [-0.05, 0) is 61.6 Å². The van der Waals surface area contributed by atoms with Gasteiger partial charge in [0.2, 0.25) is 16.2 Å². The summed E-state index contributed by atoms with van der Waals surface area (Å²) >= 11 is 1.40. The largest absolute Gasteiger partial charge is 0.366 e. The molecule has 1 saturated heterocycles. The maximum atomic E-state index is 12.7. The topological polar surface area (TPSA) is 101 Å². The first kappa shape index (κ1) is 20.0. The van der Waals surface area contributed by atoms with Crippen molar-refractivity contribution in [2.45, 2.75) is 32.2 Å². The Kier molecular flexibility index (Phi) is 5.76. The number of nitrogens with one attached hydrogen (secondary N) is 1. The molecule has 1 unspecified atom stereocenters. The van der Waals surface area contributed by atoms with E-state index in [4.69, 9.17) is 5.73 Å². The van der Waals surface area contributed by atoms with E-state index in [0.717, 1.165) is 35.6 Å². The summed E-state index contributed by atoms with van der Waals surface area (Å²) in [6, 6.07) is 14.7. The number of rotatable bonds is 5. The van der Waals surface area contributed by atoms with Gasteiger partial charge in [-0.15, -0.1) is 10.2 Å². The first-order valence-electron chi connectivity index (χ1n) is 9.93. The summed E-state index contributed by atoms with van der Waals surface area (Å²) in [7, 11) is 0. The van der Waals surface area contributed by atoms with Gasteiger partial charge in [-0.25, -0.2) is 0 Å². The highest BCUT2D eigenvalue weighted by Crippen LogP contribution is 2.30. The van der Waals surface area contributed by atoms with Crippen molar-refractivity contribution in [2.75, 3.05) is 16.8 Å². The van der Waals surface area contributed by atoms with Crippen LogP contribution >= 0.6 is 11.3 Å². The number of benzene rings is 2. The second kappa shape index (κ2) is 8.62. The van der Waals surface area contributed by atoms with Crippen molar-refractivity contribution < 1.29 is 9.59 Å². The number of aromatic nitrogens is 2. The summed E-state index contributed by atoms with van der Waals surface area (Å²) in [4.78, 5) is 26.2. The molecular formula is C22H23N5O2S. The molecule has 8 heteroatoms. The van der Waals surface area contributed by atoms with Gasteiger partial charge in [0.05, 0.1) is 0 Å². The number of anilines is 2. The first-order valence-corrected chi connectivity index (χ1v) is 10.7. The molecule has 0 saturated carbocycles. The standard InChI is InChI=1S/C22H23N5O2S/c1-14-5-2-3-12-27(14)22-26-25-21(30-22)24-20(29)18-7-4-6-17(13-18)15-8-10-16(11-9-15)19(23)28/h4,6-11,13-14H,2-3,5,12H2,1H3,(H2,23,28)(H,24,25,29). The van der Waals surface area contributed by atoms with Crippen molar-refractivity contribution in [2.24, 2.45) is 5.73 Å². The van der Waals surface area contributed by atoms with Gasteiger partial charge in [-0.2, -0.15) is 0 Å². The SMILES string of the molecule is CC1CCCCN1c1nnc(NC(=O)c2cccc(-c3ccc(C(N)=O)cc3)c2)s1. The zero-order valence-electron chi connectivity index (χ0n) is 16.7. The molecule has 4 rings (SSSR count). The lowest BCUT2D eigenvalue weighted by atomic mass is 10.0. The average Bonchev–Trinajstić information content (AvgIpc) is 3.22. The van der Waals surface area contributed by atoms with Crippen LogP contribution in [0, 0.1) is 0 Å². The third kappa shape index (κ3) is 4.33. The fraction of sp³-hybridized carbons (Fsp3) is 0.273. The van der Waals surface area contributed by atoms with Crippen LogP contribution in [0.3, 0.4) is 0 Å². The van der Waals surface area contributed by atoms with Gasteiger partial charge in [0.1, 0.15) is 0 Å². The second-order valence-corrected chi connectivity index (χ2v) is 8.36. The van der Waals surface area contributed by atoms with Crippen LogP contribution in [0.4, 0.5) is 10.3 Å². The number of primary amides is 1. The fourth-order valence-corrected chi connectivity index (χ4v) is 4.47. The van der Waals surface area contributed by atoms with Crippen LogP contribution in [0.15, 0.2) is 48.5 Å². The number of piperidine rings is 1. The van der Waals surface area contributed by atoms with E-state index < -0.39 is 5.91 Å². The third-order valence-electron chi connectivity index (χ3n) is 5.31. The molecule has 1 aliphatic rings. The van der Waals surface area contributed by atoms with Crippen LogP contribution in [-0.4, -0.2) is 34.6 Å². The highest BCUT2D eigenvalue weighted by molar-refractivity contribution is 7.19. The van der Waals surface area contributed by atoms with Crippen molar-refractivity contribution in [3.05, 3.63) is 59.7 Å². The van der Waals surface area contributed by atoms with Crippen LogP contribution in [0.25, 0.3) is 11.1 Å². The van der Waals surface area contributed by atoms with Crippen molar-refractivity contribution >= 4 is 33.4 Å². The Bertz CT molecular complexity index is 1060. The zero-order chi connectivity index (χ0) is 21.1. The monoisotopic (exact) mass is 421 g/mol. The van der Waals surface area contributed by atoms with Gasteiger partial charge >= 0.3 is 0 Å². The quantitative estimate of drug-likeness (QED) is 0.650. The Balaban J connectivity index is 1.48. The lowest BCUT2D eigenvalue weighted by molar-refractivity contribution is 0.0997. The average molecular weight is 422 g/mol. The number of nitrogens with zero attached hydrogens (tertiary/aromatic N) is 3. The Labute approximate surface area is 178 Å². The van der Waals surface area contributed by atoms with E-state index in [1.165, 1.54) is 17.8 Å². The number of amides is 2. The van der Waals surface area contributed by atoms with Gasteiger partial charge in [-0.3, -0.25) is 14.9 Å². The highest BCUT2D eigenvalue weighted by Gasteiger charge is 2.22. The van der Waals surface area contributed by atoms with Gasteiger partial charge in [0.25, 0.3) is 5.91 Å². The molecule has 7 nitrogen and oxygen atoms in total. The number of carbonyl (C=O) groups is 2. The molecule has 1 fully saturated rings. The Morgan fingerprint density at radius 1 is 1.07 bits per heavy atom. The number of nitrogens with two attached hydrogens (primary N) is 1. The summed E-state index contributed by atoms with van der Waals surface area (Å²) in [6.07, 6.45) is 3.54. The molecule has 0 spiro atoms. The summed E-state index contributed by atoms with van der Waals surface area (Å²) in [5.41, 5.74) is 8.03. The smallest absolute Gasteiger partial charge is 0.257 e. The van der Waals surface area contributed by atoms with Gasteiger partial charge in [0.15, 0.2) is 0 Å². The molecule has 154 valence electrons. The first-order chi connectivity index (χ1) is 14.5. The van der Waals surface area contributed by atoms with Crippen molar-refractivity contribution in [3.63, 3.8) is 0 Å². The summed E-state index contributed by atoms with van der Waals surface area (Å²) in [6.45, 7) is 3.17. The highest BCUT2D eigenvalue weighted by atomic mass is 32.1. The molecule has 1 aliphatic heterocycles. The van der Waals surface area contributed by atoms with E-state index in [0.29, 0.717) is 22.3 Å². The molecule has 2 amide bonds. The van der Waals surface area contributed by atoms with Crippen molar-refractivity contribution in [3.8, 4) is 11.1 Å². The second-order valence-electron chi connectivity index (χ2n) is 7.40. The maximum Gasteiger partial charge on any atom is 0.257 e. The molecule has 0 aliphatic carbocycles. The van der Waals surface area contributed by atoms with E-state index in [9.17, 15) is 9.59 Å². The van der Waals surface area contributed by atoms with E-state index >= 15 is 0 Å². The molecule has 3 N–H and O–H groups in total. The lowest BCUT2D eigenvalue weighted by Crippen LogP contribution is -2.37. The van der Waals surface area contributed by atoms with Crippen LogP contribution in [0.5, 0.6) is 0 Å². The van der Waals surface area contributed by atoms with Crippen molar-refractivity contribution in [1.82, 2.24) is 10.2 Å². The summed E-state index contributed by atoms with van der Waals surface area (Å²) in [5, 5.41) is 12.6. The Morgan fingerprint density at radius 2 is 1.87 bits per heavy atom. The summed E-state index contributed by atoms with van der Waals surface area (Å²) < 4.78 is 0. The molecule has 0 bridgehead atoms. The minimum Gasteiger partial charge on any atom is -0.366 e. The van der Waals surface area contributed by atoms with Gasteiger partial charge in [-0.1, -0.05) is 35.6 Å². The molecule has 2 aromatic carbocycles. The zero-order valence-corrected chi connectivity index (χ0v) is 17.5. The predicted octanol–water partition coefficient (Wildman–Crippen LogP) is 3.94. The molecule has 2 heterocycles. The molecule has 1 aromatic heterocycles. The van der Waals surface area contributed by atoms with E-state index in [-0.39, 0.29) is 5.91 Å². The van der Waals surface area contributed by atoms with Crippen molar-refractivity contribution in [1.29, 1.82) is 0 Å². The molecule has 30 heavy (non-hydrogen) atoms. The van der Waals surface area contributed by atoms with Gasteiger partial charge in [0, 0.05) is 23.7 Å². The Morgan fingerprint density at radius 3 is 2.60 bits per heavy atom.